The van der Waals surface area contributed by atoms with Crippen molar-refractivity contribution in [2.75, 3.05) is 0 Å². The molecule has 2 atom stereocenters. The summed E-state index contributed by atoms with van der Waals surface area (Å²) in [6, 6.07) is 19.1. The summed E-state index contributed by atoms with van der Waals surface area (Å²) in [5, 5.41) is 9.42. The number of esters is 1. The summed E-state index contributed by atoms with van der Waals surface area (Å²) in [5.41, 5.74) is 1.82. The van der Waals surface area contributed by atoms with Gasteiger partial charge in [-0.2, -0.15) is 0 Å². The fourth-order valence-corrected chi connectivity index (χ4v) is 2.36. The molecule has 0 aromatic heterocycles. The van der Waals surface area contributed by atoms with Crippen molar-refractivity contribution in [3.8, 4) is 0 Å². The van der Waals surface area contributed by atoms with Gasteiger partial charge in [0.15, 0.2) is 0 Å². The Morgan fingerprint density at radius 2 is 1.64 bits per heavy atom. The van der Waals surface area contributed by atoms with Gasteiger partial charge >= 0.3 is 5.97 Å². The summed E-state index contributed by atoms with van der Waals surface area (Å²) in [7, 11) is 0. The molecule has 4 heteroatoms. The van der Waals surface area contributed by atoms with Crippen molar-refractivity contribution >= 4 is 12.0 Å². The first-order valence-electron chi connectivity index (χ1n) is 8.37. The second-order valence-corrected chi connectivity index (χ2v) is 5.99. The van der Waals surface area contributed by atoms with Crippen LogP contribution in [-0.2, 0) is 20.9 Å². The molecule has 25 heavy (non-hydrogen) atoms. The largest absolute Gasteiger partial charge is 0.482 e. The van der Waals surface area contributed by atoms with Crippen molar-refractivity contribution < 1.29 is 19.4 Å². The molecule has 0 aliphatic carbocycles. The standard InChI is InChI=1S/C21H24O4/c1-16(22)13-17(2)25-21(23)20(14-18-9-5-3-6-10-18)24-15-19-11-7-4-8-12-19/h3-12,14,16-17,22H,13,15H2,1-2H3/t16-,17+/m1/s1. The lowest BCUT2D eigenvalue weighted by atomic mass is 10.2. The number of aliphatic hydroxyl groups excluding tert-OH is 1. The van der Waals surface area contributed by atoms with Crippen molar-refractivity contribution in [1.29, 1.82) is 0 Å². The molecule has 2 aromatic rings. The van der Waals surface area contributed by atoms with Crippen molar-refractivity contribution in [3.05, 3.63) is 77.5 Å². The van der Waals surface area contributed by atoms with E-state index in [-0.39, 0.29) is 12.4 Å². The summed E-state index contributed by atoms with van der Waals surface area (Å²) in [6.07, 6.45) is 1.12. The molecular weight excluding hydrogens is 316 g/mol. The number of ether oxygens (including phenoxy) is 2. The Hall–Kier alpha value is -2.59. The van der Waals surface area contributed by atoms with Crippen molar-refractivity contribution in [1.82, 2.24) is 0 Å². The molecule has 4 nitrogen and oxygen atoms in total. The summed E-state index contributed by atoms with van der Waals surface area (Å²) in [4.78, 5) is 12.5. The van der Waals surface area contributed by atoms with E-state index in [9.17, 15) is 9.90 Å². The van der Waals surface area contributed by atoms with E-state index in [1.807, 2.05) is 60.7 Å². The van der Waals surface area contributed by atoms with Gasteiger partial charge < -0.3 is 14.6 Å². The van der Waals surface area contributed by atoms with Gasteiger partial charge in [0.05, 0.1) is 6.10 Å². The van der Waals surface area contributed by atoms with E-state index in [1.165, 1.54) is 0 Å². The number of hydrogen-bond donors (Lipinski definition) is 1. The minimum atomic E-state index is -0.534. The molecule has 0 bridgehead atoms. The summed E-state index contributed by atoms with van der Waals surface area (Å²) in [5.74, 6) is -0.388. The second kappa shape index (κ2) is 9.64. The zero-order valence-corrected chi connectivity index (χ0v) is 14.6. The summed E-state index contributed by atoms with van der Waals surface area (Å²) in [6.45, 7) is 3.69. The van der Waals surface area contributed by atoms with E-state index in [2.05, 4.69) is 0 Å². The molecule has 0 spiro atoms. The molecule has 0 aliphatic heterocycles. The van der Waals surface area contributed by atoms with E-state index < -0.39 is 18.2 Å². The van der Waals surface area contributed by atoms with E-state index in [1.54, 1.807) is 19.9 Å². The van der Waals surface area contributed by atoms with Crippen LogP contribution >= 0.6 is 0 Å². The molecule has 0 amide bonds. The quantitative estimate of drug-likeness (QED) is 0.449. The molecule has 132 valence electrons. The van der Waals surface area contributed by atoms with E-state index in [0.29, 0.717) is 6.42 Å². The number of benzene rings is 2. The van der Waals surface area contributed by atoms with Gasteiger partial charge in [-0.05, 0) is 31.1 Å². The fourth-order valence-electron chi connectivity index (χ4n) is 2.36. The fraction of sp³-hybridized carbons (Fsp3) is 0.286. The molecule has 0 heterocycles. The Kier molecular flexibility index (Phi) is 7.23. The Morgan fingerprint density at radius 3 is 2.24 bits per heavy atom. The van der Waals surface area contributed by atoms with Crippen molar-refractivity contribution in [3.63, 3.8) is 0 Å². The number of carbonyl (C=O) groups is 1. The van der Waals surface area contributed by atoms with Crippen LogP contribution < -0.4 is 0 Å². The zero-order chi connectivity index (χ0) is 18.1. The van der Waals surface area contributed by atoms with E-state index in [4.69, 9.17) is 9.47 Å². The highest BCUT2D eigenvalue weighted by Gasteiger charge is 2.18. The Bertz CT molecular complexity index is 678. The number of aliphatic hydroxyl groups is 1. The normalized spacial score (nSPS) is 13.8. The minimum Gasteiger partial charge on any atom is -0.482 e. The third kappa shape index (κ3) is 6.81. The van der Waals surface area contributed by atoms with Gasteiger partial charge in [0.25, 0.3) is 0 Å². The lowest BCUT2D eigenvalue weighted by Crippen LogP contribution is -2.21. The van der Waals surface area contributed by atoms with Crippen LogP contribution in [-0.4, -0.2) is 23.3 Å². The van der Waals surface area contributed by atoms with E-state index >= 15 is 0 Å². The number of hydrogen-bond acceptors (Lipinski definition) is 4. The van der Waals surface area contributed by atoms with Crippen LogP contribution in [0.3, 0.4) is 0 Å². The number of carbonyl (C=O) groups excluding carboxylic acids is 1. The van der Waals surface area contributed by atoms with Crippen LogP contribution in [0.4, 0.5) is 0 Å². The van der Waals surface area contributed by atoms with Gasteiger partial charge in [0, 0.05) is 6.42 Å². The highest BCUT2D eigenvalue weighted by atomic mass is 16.6. The molecule has 2 rings (SSSR count). The molecule has 0 saturated heterocycles. The minimum absolute atomic E-state index is 0.146. The first-order chi connectivity index (χ1) is 12.0. The molecule has 0 fully saturated rings. The van der Waals surface area contributed by atoms with Gasteiger partial charge in [-0.25, -0.2) is 4.79 Å². The number of rotatable bonds is 8. The van der Waals surface area contributed by atoms with Crippen LogP contribution in [0.25, 0.3) is 6.08 Å². The maximum absolute atomic E-state index is 12.5. The van der Waals surface area contributed by atoms with Crippen molar-refractivity contribution in [2.24, 2.45) is 0 Å². The van der Waals surface area contributed by atoms with E-state index in [0.717, 1.165) is 11.1 Å². The lowest BCUT2D eigenvalue weighted by molar-refractivity contribution is -0.148. The lowest BCUT2D eigenvalue weighted by Gasteiger charge is -2.16. The van der Waals surface area contributed by atoms with Gasteiger partial charge in [-0.15, -0.1) is 0 Å². The maximum Gasteiger partial charge on any atom is 0.373 e. The molecule has 2 aromatic carbocycles. The van der Waals surface area contributed by atoms with Crippen LogP contribution in [0, 0.1) is 0 Å². The van der Waals surface area contributed by atoms with Crippen LogP contribution in [0.5, 0.6) is 0 Å². The summed E-state index contributed by atoms with van der Waals surface area (Å²) < 4.78 is 11.1. The molecule has 0 aliphatic rings. The third-order valence-corrected chi connectivity index (χ3v) is 3.52. The van der Waals surface area contributed by atoms with Crippen molar-refractivity contribution in [2.45, 2.75) is 39.1 Å². The Morgan fingerprint density at radius 1 is 1.04 bits per heavy atom. The highest BCUT2D eigenvalue weighted by Crippen LogP contribution is 2.14. The SMILES string of the molecule is C[C@@H](O)C[C@H](C)OC(=O)C(=Cc1ccccc1)OCc1ccccc1. The maximum atomic E-state index is 12.5. The molecule has 1 N–H and O–H groups in total. The second-order valence-electron chi connectivity index (χ2n) is 5.99. The van der Waals surface area contributed by atoms with Crippen LogP contribution in [0.1, 0.15) is 31.4 Å². The predicted octanol–water partition coefficient (Wildman–Crippen LogP) is 3.95. The Balaban J connectivity index is 2.11. The van der Waals surface area contributed by atoms with Gasteiger partial charge in [0.2, 0.25) is 5.76 Å². The average molecular weight is 340 g/mol. The molecular formula is C21H24O4. The molecule has 0 saturated carbocycles. The summed E-state index contributed by atoms with van der Waals surface area (Å²) >= 11 is 0. The Labute approximate surface area is 148 Å². The predicted molar refractivity (Wildman–Crippen MR) is 97.5 cm³/mol. The van der Waals surface area contributed by atoms with Gasteiger partial charge in [-0.1, -0.05) is 60.7 Å². The smallest absolute Gasteiger partial charge is 0.373 e. The first-order valence-corrected chi connectivity index (χ1v) is 8.37. The monoisotopic (exact) mass is 340 g/mol. The third-order valence-electron chi connectivity index (χ3n) is 3.52. The zero-order valence-electron chi connectivity index (χ0n) is 14.6. The van der Waals surface area contributed by atoms with Gasteiger partial charge in [0.1, 0.15) is 12.7 Å². The highest BCUT2D eigenvalue weighted by molar-refractivity contribution is 5.91. The van der Waals surface area contributed by atoms with Crippen LogP contribution in [0.2, 0.25) is 0 Å². The molecule has 0 unspecified atom stereocenters. The van der Waals surface area contributed by atoms with Gasteiger partial charge in [-0.3, -0.25) is 0 Å². The molecule has 0 radical (unpaired) electrons. The first kappa shape index (κ1) is 18.7. The topological polar surface area (TPSA) is 55.8 Å². The van der Waals surface area contributed by atoms with Crippen LogP contribution in [0.15, 0.2) is 66.4 Å². The average Bonchev–Trinajstić information content (AvgIpc) is 2.59.